The summed E-state index contributed by atoms with van der Waals surface area (Å²) in [7, 11) is 0. The van der Waals surface area contributed by atoms with Gasteiger partial charge in [-0.05, 0) is 6.07 Å². The van der Waals surface area contributed by atoms with Crippen molar-refractivity contribution < 1.29 is 14.7 Å². The number of hydrogen-bond donors (Lipinski definition) is 1. The minimum Gasteiger partial charge on any atom is -0.545 e. The van der Waals surface area contributed by atoms with Crippen molar-refractivity contribution in [1.82, 2.24) is 10.2 Å². The number of carbonyl (C=O) groups is 2. The lowest BCUT2D eigenvalue weighted by molar-refractivity contribution is -0.255. The van der Waals surface area contributed by atoms with Crippen molar-refractivity contribution in [3.8, 4) is 0 Å². The predicted octanol–water partition coefficient (Wildman–Crippen LogP) is 0.154. The van der Waals surface area contributed by atoms with Gasteiger partial charge in [-0.2, -0.15) is 0 Å². The van der Waals surface area contributed by atoms with Crippen LogP contribution in [-0.4, -0.2) is 22.1 Å². The number of aromatic nitrogens is 2. The molecular weight excluding hydrogens is 242 g/mol. The van der Waals surface area contributed by atoms with Gasteiger partial charge in [0.05, 0.1) is 5.97 Å². The van der Waals surface area contributed by atoms with Crippen molar-refractivity contribution in [1.29, 1.82) is 0 Å². The van der Waals surface area contributed by atoms with E-state index in [0.717, 1.165) is 11.3 Å². The summed E-state index contributed by atoms with van der Waals surface area (Å²) in [6.07, 6.45) is 0. The van der Waals surface area contributed by atoms with Crippen molar-refractivity contribution in [3.63, 3.8) is 0 Å². The molecule has 0 unspecified atom stereocenters. The second-order valence-corrected chi connectivity index (χ2v) is 3.86. The zero-order valence-electron chi connectivity index (χ0n) is 8.41. The fourth-order valence-corrected chi connectivity index (χ4v) is 1.69. The summed E-state index contributed by atoms with van der Waals surface area (Å²) < 4.78 is 0. The minimum absolute atomic E-state index is 0.0303. The van der Waals surface area contributed by atoms with Gasteiger partial charge in [-0.1, -0.05) is 29.5 Å². The number of benzene rings is 1. The Morgan fingerprint density at radius 3 is 2.53 bits per heavy atom. The summed E-state index contributed by atoms with van der Waals surface area (Å²) >= 11 is 1.14. The second-order valence-electron chi connectivity index (χ2n) is 3.03. The van der Waals surface area contributed by atoms with Gasteiger partial charge < -0.3 is 9.90 Å². The standard InChI is InChI=1S/C10H7N3O3S/c14-8(12-10-13-11-5-17-10)6-3-1-2-4-7(6)9(15)16/h1-5H,(H,15,16)(H,12,13,14)/p-1. The van der Waals surface area contributed by atoms with Crippen LogP contribution in [0.1, 0.15) is 20.7 Å². The molecule has 0 aliphatic carbocycles. The Balaban J connectivity index is 2.28. The highest BCUT2D eigenvalue weighted by atomic mass is 32.1. The largest absolute Gasteiger partial charge is 0.545 e. The number of rotatable bonds is 3. The summed E-state index contributed by atoms with van der Waals surface area (Å²) in [5.74, 6) is -1.95. The summed E-state index contributed by atoms with van der Waals surface area (Å²) in [4.78, 5) is 22.6. The molecule has 2 aromatic rings. The lowest BCUT2D eigenvalue weighted by atomic mass is 10.1. The Hall–Kier alpha value is -2.28. The SMILES string of the molecule is O=C([O-])c1ccccc1C(=O)Nc1nncs1. The molecule has 17 heavy (non-hydrogen) atoms. The van der Waals surface area contributed by atoms with Gasteiger partial charge in [0.15, 0.2) is 0 Å². The molecule has 1 amide bonds. The number of anilines is 1. The van der Waals surface area contributed by atoms with E-state index in [1.54, 1.807) is 6.07 Å². The van der Waals surface area contributed by atoms with Crippen molar-refractivity contribution in [3.05, 3.63) is 40.9 Å². The molecule has 7 heteroatoms. The molecule has 0 aliphatic rings. The number of aromatic carboxylic acids is 1. The summed E-state index contributed by atoms with van der Waals surface area (Å²) in [6.45, 7) is 0. The highest BCUT2D eigenvalue weighted by Crippen LogP contribution is 2.13. The average molecular weight is 248 g/mol. The molecule has 1 aromatic carbocycles. The van der Waals surface area contributed by atoms with Gasteiger partial charge >= 0.3 is 0 Å². The van der Waals surface area contributed by atoms with Crippen LogP contribution in [-0.2, 0) is 0 Å². The third-order valence-corrected chi connectivity index (χ3v) is 2.58. The number of hydrogen-bond acceptors (Lipinski definition) is 6. The third-order valence-electron chi connectivity index (χ3n) is 1.97. The molecule has 1 aromatic heterocycles. The van der Waals surface area contributed by atoms with E-state index in [9.17, 15) is 14.7 Å². The molecule has 6 nitrogen and oxygen atoms in total. The van der Waals surface area contributed by atoms with Gasteiger partial charge in [-0.15, -0.1) is 10.2 Å². The number of carboxylic acid groups (broad SMARTS) is 1. The van der Waals surface area contributed by atoms with Crippen LogP contribution in [0.25, 0.3) is 0 Å². The highest BCUT2D eigenvalue weighted by molar-refractivity contribution is 7.13. The van der Waals surface area contributed by atoms with Crippen LogP contribution in [0.4, 0.5) is 5.13 Å². The molecule has 0 aliphatic heterocycles. The molecule has 86 valence electrons. The lowest BCUT2D eigenvalue weighted by Gasteiger charge is -2.08. The Labute approximate surface area is 99.9 Å². The fourth-order valence-electron chi connectivity index (χ4n) is 1.25. The zero-order valence-corrected chi connectivity index (χ0v) is 9.23. The Morgan fingerprint density at radius 1 is 1.24 bits per heavy atom. The molecule has 1 N–H and O–H groups in total. The highest BCUT2D eigenvalue weighted by Gasteiger charge is 2.12. The van der Waals surface area contributed by atoms with Gasteiger partial charge in [-0.25, -0.2) is 0 Å². The first-order valence-corrected chi connectivity index (χ1v) is 5.44. The topological polar surface area (TPSA) is 95.0 Å². The van der Waals surface area contributed by atoms with Crippen molar-refractivity contribution in [2.24, 2.45) is 0 Å². The molecule has 1 heterocycles. The maximum Gasteiger partial charge on any atom is 0.258 e. The van der Waals surface area contributed by atoms with Gasteiger partial charge in [0, 0.05) is 11.1 Å². The van der Waals surface area contributed by atoms with E-state index in [4.69, 9.17) is 0 Å². The van der Waals surface area contributed by atoms with E-state index in [2.05, 4.69) is 15.5 Å². The van der Waals surface area contributed by atoms with Crippen LogP contribution >= 0.6 is 11.3 Å². The Morgan fingerprint density at radius 2 is 1.94 bits per heavy atom. The van der Waals surface area contributed by atoms with E-state index in [0.29, 0.717) is 5.13 Å². The molecule has 0 saturated carbocycles. The number of amides is 1. The zero-order chi connectivity index (χ0) is 12.3. The molecule has 0 spiro atoms. The molecule has 0 fully saturated rings. The van der Waals surface area contributed by atoms with Crippen LogP contribution in [0, 0.1) is 0 Å². The number of nitrogens with zero attached hydrogens (tertiary/aromatic N) is 2. The van der Waals surface area contributed by atoms with Crippen LogP contribution in [0.5, 0.6) is 0 Å². The van der Waals surface area contributed by atoms with E-state index < -0.39 is 11.9 Å². The fraction of sp³-hybridized carbons (Fsp3) is 0. The van der Waals surface area contributed by atoms with Crippen LogP contribution in [0.3, 0.4) is 0 Å². The molecule has 0 radical (unpaired) electrons. The monoisotopic (exact) mass is 248 g/mol. The average Bonchev–Trinajstić information content (AvgIpc) is 2.81. The normalized spacial score (nSPS) is 9.88. The predicted molar refractivity (Wildman–Crippen MR) is 58.6 cm³/mol. The first-order valence-electron chi connectivity index (χ1n) is 4.56. The number of nitrogens with one attached hydrogen (secondary N) is 1. The summed E-state index contributed by atoms with van der Waals surface area (Å²) in [5, 5.41) is 20.8. The van der Waals surface area contributed by atoms with Crippen LogP contribution < -0.4 is 10.4 Å². The van der Waals surface area contributed by atoms with Crippen molar-refractivity contribution in [2.75, 3.05) is 5.32 Å². The van der Waals surface area contributed by atoms with Crippen LogP contribution in [0.2, 0.25) is 0 Å². The number of carboxylic acids is 1. The number of carbonyl (C=O) groups excluding carboxylic acids is 2. The molecular formula is C10H6N3O3S-. The quantitative estimate of drug-likeness (QED) is 0.834. The van der Waals surface area contributed by atoms with Crippen molar-refractivity contribution in [2.45, 2.75) is 0 Å². The lowest BCUT2D eigenvalue weighted by Crippen LogP contribution is -2.26. The summed E-state index contributed by atoms with van der Waals surface area (Å²) in [6, 6.07) is 5.81. The van der Waals surface area contributed by atoms with Crippen LogP contribution in [0.15, 0.2) is 29.8 Å². The van der Waals surface area contributed by atoms with E-state index in [1.807, 2.05) is 0 Å². The molecule has 2 rings (SSSR count). The van der Waals surface area contributed by atoms with E-state index in [-0.39, 0.29) is 11.1 Å². The second kappa shape index (κ2) is 4.71. The maximum atomic E-state index is 11.8. The molecule has 0 atom stereocenters. The molecule has 0 bridgehead atoms. The minimum atomic E-state index is -1.40. The van der Waals surface area contributed by atoms with Crippen molar-refractivity contribution >= 4 is 28.3 Å². The Kier molecular flexibility index (Phi) is 3.10. The van der Waals surface area contributed by atoms with Gasteiger partial charge in [-0.3, -0.25) is 10.1 Å². The smallest absolute Gasteiger partial charge is 0.258 e. The van der Waals surface area contributed by atoms with Gasteiger partial charge in [0.2, 0.25) is 5.13 Å². The first-order chi connectivity index (χ1) is 8.18. The third kappa shape index (κ3) is 2.45. The summed E-state index contributed by atoms with van der Waals surface area (Å²) in [5.41, 5.74) is 1.33. The Bertz CT molecular complexity index is 554. The first kappa shape index (κ1) is 11.2. The molecule has 0 saturated heterocycles. The maximum absolute atomic E-state index is 11.8. The van der Waals surface area contributed by atoms with Gasteiger partial charge in [0.1, 0.15) is 5.51 Å². The van der Waals surface area contributed by atoms with E-state index in [1.165, 1.54) is 23.7 Å². The van der Waals surface area contributed by atoms with E-state index >= 15 is 0 Å². The van der Waals surface area contributed by atoms with Gasteiger partial charge in [0.25, 0.3) is 5.91 Å².